The Hall–Kier alpha value is -2.48. The highest BCUT2D eigenvalue weighted by Gasteiger charge is 2.27. The van der Waals surface area contributed by atoms with Gasteiger partial charge in [-0.1, -0.05) is 18.2 Å². The van der Waals surface area contributed by atoms with Crippen LogP contribution in [0.2, 0.25) is 0 Å². The number of amidine groups is 1. The first kappa shape index (κ1) is 28.6. The lowest BCUT2D eigenvalue weighted by molar-refractivity contribution is 0.397. The Bertz CT molecular complexity index is 1100. The number of hydrogen-bond acceptors (Lipinski definition) is 13. The molecule has 14 nitrogen and oxygen atoms in total. The molecule has 0 heterocycles. The largest absolute Gasteiger partial charge is 0.397 e. The van der Waals surface area contributed by atoms with Gasteiger partial charge in [0.2, 0.25) is 10.0 Å². The highest BCUT2D eigenvalue weighted by Crippen LogP contribution is 2.41. The van der Waals surface area contributed by atoms with Crippen LogP contribution in [0.15, 0.2) is 40.3 Å². The zero-order chi connectivity index (χ0) is 24.1. The predicted molar refractivity (Wildman–Crippen MR) is 138 cm³/mol. The van der Waals surface area contributed by atoms with Crippen molar-refractivity contribution < 1.29 is 12.7 Å². The molecule has 0 saturated carbocycles. The average molecular weight is 520 g/mol. The fourth-order valence-corrected chi connectivity index (χ4v) is 4.34. The third kappa shape index (κ3) is 6.31. The van der Waals surface area contributed by atoms with E-state index in [1.54, 1.807) is 18.2 Å². The molecular formula is C16H29N11O3S3. The van der Waals surface area contributed by atoms with Gasteiger partial charge in [0.05, 0.1) is 22.6 Å². The molecule has 15 N–H and O–H groups in total. The van der Waals surface area contributed by atoms with E-state index >= 15 is 0 Å². The SMILES string of the molecule is CN(SON)c1c(S(N)(=O)=O)ccc(-c2cccc(N(N)CCN)c2N)c1/C(N)=N/NN.S. The van der Waals surface area contributed by atoms with E-state index in [1.165, 1.54) is 28.5 Å². The number of anilines is 3. The van der Waals surface area contributed by atoms with Crippen molar-refractivity contribution in [2.24, 2.45) is 39.3 Å². The summed E-state index contributed by atoms with van der Waals surface area (Å²) in [4.78, 5) is -0.253. The van der Waals surface area contributed by atoms with Crippen molar-refractivity contribution >= 4 is 58.6 Å². The van der Waals surface area contributed by atoms with Gasteiger partial charge >= 0.3 is 0 Å². The third-order valence-electron chi connectivity index (χ3n) is 4.41. The van der Waals surface area contributed by atoms with Gasteiger partial charge in [-0.15, -0.1) is 5.10 Å². The molecule has 0 saturated heterocycles. The molecule has 0 aliphatic rings. The zero-order valence-electron chi connectivity index (χ0n) is 17.7. The van der Waals surface area contributed by atoms with Crippen LogP contribution in [0.25, 0.3) is 11.1 Å². The van der Waals surface area contributed by atoms with E-state index in [1.807, 2.05) is 0 Å². The highest BCUT2D eigenvalue weighted by atomic mass is 32.2. The maximum absolute atomic E-state index is 12.3. The molecule has 0 radical (unpaired) electrons. The molecule has 0 aliphatic carbocycles. The number of primary sulfonamides is 1. The number of hydrogen-bond donors (Lipinski definition) is 8. The Labute approximate surface area is 203 Å². The number of nitrogens with one attached hydrogen (secondary N) is 1. The van der Waals surface area contributed by atoms with Gasteiger partial charge in [-0.3, -0.25) is 4.31 Å². The lowest BCUT2D eigenvalue weighted by Gasteiger charge is -2.25. The van der Waals surface area contributed by atoms with Crippen LogP contribution in [-0.2, 0) is 14.3 Å². The van der Waals surface area contributed by atoms with E-state index in [4.69, 9.17) is 39.9 Å². The standard InChI is InChI=1S/C16H27N11O3S2.H2S/c1-26(31-30-22)15-12(32(23,28)29)6-5-9(13(15)16(19)24-25-20)10-3-2-4-11(14(10)18)27(21)8-7-17;/h2-6,25H,7-8,17-18,20-22H2,1H3,(H2,19,24)(H2,23,28,29);1H2. The van der Waals surface area contributed by atoms with Crippen LogP contribution in [-0.4, -0.2) is 34.4 Å². The Kier molecular flexibility index (Phi) is 10.5. The van der Waals surface area contributed by atoms with E-state index in [9.17, 15) is 8.42 Å². The van der Waals surface area contributed by atoms with E-state index < -0.39 is 10.0 Å². The second-order valence-electron chi connectivity index (χ2n) is 6.39. The molecule has 2 aromatic carbocycles. The van der Waals surface area contributed by atoms with E-state index in [2.05, 4.69) is 14.9 Å². The van der Waals surface area contributed by atoms with Crippen LogP contribution in [0, 0.1) is 0 Å². The first-order valence-corrected chi connectivity index (χ1v) is 11.2. The first-order valence-electron chi connectivity index (χ1n) is 8.95. The lowest BCUT2D eigenvalue weighted by atomic mass is 9.95. The second-order valence-corrected chi connectivity index (χ2v) is 8.81. The number of benzene rings is 2. The maximum atomic E-state index is 12.3. The van der Waals surface area contributed by atoms with Crippen LogP contribution in [0.1, 0.15) is 5.56 Å². The molecule has 17 heteroatoms. The Morgan fingerprint density at radius 1 is 1.24 bits per heavy atom. The molecule has 2 rings (SSSR count). The normalized spacial score (nSPS) is 11.6. The summed E-state index contributed by atoms with van der Waals surface area (Å²) in [5.74, 6) is 16.4. The number of rotatable bonds is 10. The minimum absolute atomic E-state index is 0. The smallest absolute Gasteiger partial charge is 0.240 e. The molecule has 0 aromatic heterocycles. The van der Waals surface area contributed by atoms with Crippen LogP contribution in [0.5, 0.6) is 0 Å². The molecule has 0 spiro atoms. The van der Waals surface area contributed by atoms with Crippen molar-refractivity contribution in [2.75, 3.05) is 35.2 Å². The fraction of sp³-hybridized carbons (Fsp3) is 0.188. The summed E-state index contributed by atoms with van der Waals surface area (Å²) in [5.41, 5.74) is 22.2. The van der Waals surface area contributed by atoms with Gasteiger partial charge in [-0.25, -0.2) is 41.0 Å². The van der Waals surface area contributed by atoms with Crippen LogP contribution in [0.3, 0.4) is 0 Å². The van der Waals surface area contributed by atoms with Gasteiger partial charge in [0, 0.05) is 25.7 Å². The molecule has 0 unspecified atom stereocenters. The fourth-order valence-electron chi connectivity index (χ4n) is 3.12. The van der Waals surface area contributed by atoms with Crippen LogP contribution in [0.4, 0.5) is 17.1 Å². The molecule has 2 aromatic rings. The monoisotopic (exact) mass is 519 g/mol. The van der Waals surface area contributed by atoms with Crippen LogP contribution < -0.4 is 54.8 Å². The maximum Gasteiger partial charge on any atom is 0.240 e. The first-order chi connectivity index (χ1) is 15.1. The summed E-state index contributed by atoms with van der Waals surface area (Å²) in [6.45, 7) is 0.658. The lowest BCUT2D eigenvalue weighted by Crippen LogP contribution is -2.36. The molecular weight excluding hydrogens is 490 g/mol. The van der Waals surface area contributed by atoms with Crippen molar-refractivity contribution in [2.45, 2.75) is 4.90 Å². The second kappa shape index (κ2) is 12.1. The minimum Gasteiger partial charge on any atom is -0.397 e. The summed E-state index contributed by atoms with van der Waals surface area (Å²) in [5, 5.41) is 10.6. The van der Waals surface area contributed by atoms with E-state index in [0.717, 1.165) is 0 Å². The van der Waals surface area contributed by atoms with Crippen molar-refractivity contribution in [3.05, 3.63) is 35.9 Å². The van der Waals surface area contributed by atoms with E-state index in [0.29, 0.717) is 47.8 Å². The van der Waals surface area contributed by atoms with E-state index in [-0.39, 0.29) is 35.5 Å². The summed E-state index contributed by atoms with van der Waals surface area (Å²) < 4.78 is 30.5. The number of hydrazone groups is 1. The van der Waals surface area contributed by atoms with Crippen molar-refractivity contribution in [3.63, 3.8) is 0 Å². The van der Waals surface area contributed by atoms with Gasteiger partial charge in [0.25, 0.3) is 0 Å². The zero-order valence-corrected chi connectivity index (χ0v) is 20.4. The quantitative estimate of drug-likeness (QED) is 0.0332. The number of para-hydroxylation sites is 1. The van der Waals surface area contributed by atoms with Crippen molar-refractivity contribution in [1.82, 2.24) is 5.53 Å². The molecule has 0 amide bonds. The van der Waals surface area contributed by atoms with Gasteiger partial charge in [0.1, 0.15) is 17.1 Å². The Morgan fingerprint density at radius 3 is 2.45 bits per heavy atom. The minimum atomic E-state index is -4.19. The Balaban J connectivity index is 0.00000544. The van der Waals surface area contributed by atoms with Crippen LogP contribution >= 0.6 is 25.7 Å². The summed E-state index contributed by atoms with van der Waals surface area (Å²) in [7, 11) is -2.69. The van der Waals surface area contributed by atoms with Gasteiger partial charge in [-0.2, -0.15) is 13.5 Å². The molecule has 0 atom stereocenters. The summed E-state index contributed by atoms with van der Waals surface area (Å²) in [6, 6.07) is 7.97. The average Bonchev–Trinajstić information content (AvgIpc) is 2.72. The summed E-state index contributed by atoms with van der Waals surface area (Å²) >= 11 is 0.643. The third-order valence-corrected chi connectivity index (χ3v) is 5.85. The van der Waals surface area contributed by atoms with Gasteiger partial charge in [0.15, 0.2) is 5.84 Å². The summed E-state index contributed by atoms with van der Waals surface area (Å²) in [6.07, 6.45) is 0. The topological polar surface area (TPSA) is 256 Å². The van der Waals surface area contributed by atoms with Gasteiger partial charge in [-0.05, 0) is 17.7 Å². The molecule has 0 aliphatic heterocycles. The number of sulfonamides is 1. The molecule has 0 bridgehead atoms. The number of nitrogen functional groups attached to an aromatic ring is 1. The predicted octanol–water partition coefficient (Wildman–Crippen LogP) is -1.69. The van der Waals surface area contributed by atoms with Crippen molar-refractivity contribution in [3.8, 4) is 11.1 Å². The Morgan fingerprint density at radius 2 is 1.91 bits per heavy atom. The van der Waals surface area contributed by atoms with Crippen molar-refractivity contribution in [1.29, 1.82) is 0 Å². The highest BCUT2D eigenvalue weighted by molar-refractivity contribution is 7.96. The number of hydrazine groups is 2. The molecule has 33 heavy (non-hydrogen) atoms. The molecule has 0 fully saturated rings. The number of nitrogens with zero attached hydrogens (tertiary/aromatic N) is 3. The van der Waals surface area contributed by atoms with Gasteiger partial charge < -0.3 is 22.2 Å². The molecule has 184 valence electrons. The number of nitrogens with two attached hydrogens (primary N) is 7.